The van der Waals surface area contributed by atoms with Gasteiger partial charge in [-0.15, -0.1) is 11.3 Å². The summed E-state index contributed by atoms with van der Waals surface area (Å²) in [6.07, 6.45) is 0.979. The summed E-state index contributed by atoms with van der Waals surface area (Å²) in [5.41, 5.74) is 1.08. The van der Waals surface area contributed by atoms with Gasteiger partial charge in [0.2, 0.25) is 0 Å². The van der Waals surface area contributed by atoms with E-state index in [0.717, 1.165) is 30.2 Å². The molecular weight excluding hydrogens is 208 g/mol. The molecule has 1 unspecified atom stereocenters. The Balaban J connectivity index is 2.32. The number of nitrogens with zero attached hydrogens (tertiary/aromatic N) is 1. The quantitative estimate of drug-likeness (QED) is 0.782. The Morgan fingerprint density at radius 2 is 2.33 bits per heavy atom. The highest BCUT2D eigenvalue weighted by Crippen LogP contribution is 2.18. The molecule has 0 radical (unpaired) electrons. The highest BCUT2D eigenvalue weighted by Gasteiger charge is 2.20. The topological polar surface area (TPSA) is 45.1 Å². The Kier molecular flexibility index (Phi) is 4.70. The number of aryl methyl sites for hydroxylation is 1. The van der Waals surface area contributed by atoms with Gasteiger partial charge in [0.25, 0.3) is 0 Å². The Labute approximate surface area is 95.6 Å². The van der Waals surface area contributed by atoms with Crippen molar-refractivity contribution < 1.29 is 5.11 Å². The lowest BCUT2D eigenvalue weighted by Gasteiger charge is -2.25. The molecule has 0 spiro atoms. The number of aromatic nitrogens is 1. The molecule has 0 saturated carbocycles. The summed E-state index contributed by atoms with van der Waals surface area (Å²) >= 11 is 1.67. The van der Waals surface area contributed by atoms with Crippen molar-refractivity contribution >= 4 is 11.3 Å². The Hall–Kier alpha value is -0.450. The minimum absolute atomic E-state index is 0.00886. The van der Waals surface area contributed by atoms with Gasteiger partial charge in [-0.25, -0.2) is 4.98 Å². The monoisotopic (exact) mass is 228 g/mol. The molecule has 0 aromatic carbocycles. The molecule has 15 heavy (non-hydrogen) atoms. The lowest BCUT2D eigenvalue weighted by atomic mass is 9.89. The lowest BCUT2D eigenvalue weighted by molar-refractivity contribution is 0.135. The summed E-state index contributed by atoms with van der Waals surface area (Å²) in [7, 11) is 0. The van der Waals surface area contributed by atoms with Gasteiger partial charge in [0, 0.05) is 30.5 Å². The number of hydrogen-bond acceptors (Lipinski definition) is 4. The van der Waals surface area contributed by atoms with E-state index in [1.165, 1.54) is 0 Å². The Bertz CT molecular complexity index is 295. The third-order valence-electron chi connectivity index (χ3n) is 2.76. The molecule has 1 atom stereocenters. The number of thiazole rings is 1. The average Bonchev–Trinajstić information content (AvgIpc) is 2.64. The third kappa shape index (κ3) is 3.89. The van der Waals surface area contributed by atoms with E-state index < -0.39 is 0 Å². The summed E-state index contributed by atoms with van der Waals surface area (Å²) in [6.45, 7) is 8.05. The first-order valence-electron chi connectivity index (χ1n) is 5.32. The van der Waals surface area contributed by atoms with Crippen molar-refractivity contribution in [3.05, 3.63) is 16.1 Å². The molecule has 0 aliphatic heterocycles. The van der Waals surface area contributed by atoms with Crippen molar-refractivity contribution in [2.75, 3.05) is 13.2 Å². The van der Waals surface area contributed by atoms with E-state index in [4.69, 9.17) is 0 Å². The maximum atomic E-state index is 9.23. The van der Waals surface area contributed by atoms with Gasteiger partial charge in [-0.1, -0.05) is 13.8 Å². The van der Waals surface area contributed by atoms with Crippen LogP contribution in [0.4, 0.5) is 0 Å². The van der Waals surface area contributed by atoms with Crippen LogP contribution in [-0.2, 0) is 6.54 Å². The fourth-order valence-corrected chi connectivity index (χ4v) is 1.89. The van der Waals surface area contributed by atoms with Gasteiger partial charge in [-0.2, -0.15) is 0 Å². The lowest BCUT2D eigenvalue weighted by Crippen LogP contribution is -2.34. The van der Waals surface area contributed by atoms with Crippen molar-refractivity contribution in [1.29, 1.82) is 0 Å². The van der Waals surface area contributed by atoms with Crippen LogP contribution >= 0.6 is 11.3 Å². The maximum absolute atomic E-state index is 9.23. The van der Waals surface area contributed by atoms with Crippen LogP contribution in [0.1, 0.15) is 31.0 Å². The molecule has 3 nitrogen and oxygen atoms in total. The van der Waals surface area contributed by atoms with E-state index in [1.54, 1.807) is 11.3 Å². The van der Waals surface area contributed by atoms with Crippen LogP contribution in [0.15, 0.2) is 5.38 Å². The predicted molar refractivity (Wildman–Crippen MR) is 64.0 cm³/mol. The number of rotatable bonds is 6. The number of nitrogens with one attached hydrogen (secondary N) is 1. The zero-order valence-electron chi connectivity index (χ0n) is 9.71. The minimum atomic E-state index is -0.00886. The van der Waals surface area contributed by atoms with E-state index in [1.807, 2.05) is 6.92 Å². The van der Waals surface area contributed by atoms with E-state index in [-0.39, 0.29) is 12.0 Å². The smallest absolute Gasteiger partial charge is 0.0897 e. The molecule has 0 amide bonds. The average molecular weight is 228 g/mol. The van der Waals surface area contributed by atoms with Crippen LogP contribution in [-0.4, -0.2) is 23.2 Å². The van der Waals surface area contributed by atoms with Crippen molar-refractivity contribution in [3.8, 4) is 0 Å². The fourth-order valence-electron chi connectivity index (χ4n) is 1.27. The van der Waals surface area contributed by atoms with Crippen molar-refractivity contribution in [2.24, 2.45) is 5.41 Å². The van der Waals surface area contributed by atoms with Gasteiger partial charge < -0.3 is 10.4 Å². The van der Waals surface area contributed by atoms with Gasteiger partial charge in [0.1, 0.15) is 0 Å². The fraction of sp³-hybridized carbons (Fsp3) is 0.727. The molecule has 1 aromatic rings. The van der Waals surface area contributed by atoms with Crippen LogP contribution in [0, 0.1) is 12.3 Å². The second-order valence-electron chi connectivity index (χ2n) is 4.28. The van der Waals surface area contributed by atoms with E-state index in [0.29, 0.717) is 0 Å². The number of aliphatic hydroxyl groups excluding tert-OH is 1. The molecule has 2 N–H and O–H groups in total. The van der Waals surface area contributed by atoms with Crippen molar-refractivity contribution in [1.82, 2.24) is 10.3 Å². The molecule has 86 valence electrons. The molecular formula is C11H20N2OS. The highest BCUT2D eigenvalue weighted by molar-refractivity contribution is 7.09. The zero-order chi connectivity index (χ0) is 11.3. The molecule has 0 saturated heterocycles. The summed E-state index contributed by atoms with van der Waals surface area (Å²) in [4.78, 5) is 4.38. The molecule has 0 aliphatic rings. The van der Waals surface area contributed by atoms with E-state index >= 15 is 0 Å². The van der Waals surface area contributed by atoms with Crippen molar-refractivity contribution in [2.45, 2.75) is 33.7 Å². The zero-order valence-corrected chi connectivity index (χ0v) is 10.5. The molecule has 0 bridgehead atoms. The number of hydrogen-bond donors (Lipinski definition) is 2. The van der Waals surface area contributed by atoms with E-state index in [9.17, 15) is 5.11 Å². The second kappa shape index (κ2) is 5.58. The first-order valence-corrected chi connectivity index (χ1v) is 6.20. The second-order valence-corrected chi connectivity index (χ2v) is 5.35. The van der Waals surface area contributed by atoms with E-state index in [2.05, 4.69) is 29.5 Å². The minimum Gasteiger partial charge on any atom is -0.396 e. The Morgan fingerprint density at radius 1 is 1.60 bits per heavy atom. The van der Waals surface area contributed by atoms with Crippen LogP contribution < -0.4 is 5.32 Å². The van der Waals surface area contributed by atoms with Crippen LogP contribution in [0.3, 0.4) is 0 Å². The van der Waals surface area contributed by atoms with Crippen LogP contribution in [0.2, 0.25) is 0 Å². The first kappa shape index (κ1) is 12.6. The largest absolute Gasteiger partial charge is 0.396 e. The van der Waals surface area contributed by atoms with Gasteiger partial charge in [0.15, 0.2) is 0 Å². The molecule has 4 heteroatoms. The van der Waals surface area contributed by atoms with Gasteiger partial charge in [-0.05, 0) is 13.3 Å². The summed E-state index contributed by atoms with van der Waals surface area (Å²) in [6, 6.07) is 0. The Morgan fingerprint density at radius 3 is 2.80 bits per heavy atom. The van der Waals surface area contributed by atoms with Gasteiger partial charge in [-0.3, -0.25) is 0 Å². The molecule has 1 aromatic heterocycles. The molecule has 1 heterocycles. The van der Waals surface area contributed by atoms with Gasteiger partial charge >= 0.3 is 0 Å². The van der Waals surface area contributed by atoms with Crippen LogP contribution in [0.5, 0.6) is 0 Å². The molecule has 0 fully saturated rings. The third-order valence-corrected chi connectivity index (χ3v) is 3.58. The molecule has 0 aliphatic carbocycles. The summed E-state index contributed by atoms with van der Waals surface area (Å²) in [5.74, 6) is 0. The summed E-state index contributed by atoms with van der Waals surface area (Å²) in [5, 5.41) is 15.8. The SMILES string of the molecule is CCC(C)(CO)CNCc1csc(C)n1. The first-order chi connectivity index (χ1) is 7.09. The standard InChI is InChI=1S/C11H20N2OS/c1-4-11(3,8-14)7-12-5-10-6-15-9(2)13-10/h6,12,14H,4-5,7-8H2,1-3H3. The highest BCUT2D eigenvalue weighted by atomic mass is 32.1. The van der Waals surface area contributed by atoms with Gasteiger partial charge in [0.05, 0.1) is 10.7 Å². The maximum Gasteiger partial charge on any atom is 0.0897 e. The van der Waals surface area contributed by atoms with Crippen LogP contribution in [0.25, 0.3) is 0 Å². The summed E-state index contributed by atoms with van der Waals surface area (Å²) < 4.78 is 0. The number of aliphatic hydroxyl groups is 1. The predicted octanol–water partition coefficient (Wildman–Crippen LogP) is 1.95. The van der Waals surface area contributed by atoms with Crippen molar-refractivity contribution in [3.63, 3.8) is 0 Å². The molecule has 1 rings (SSSR count). The normalized spacial score (nSPS) is 15.2.